The molecule has 3 heteroatoms. The second-order valence-electron chi connectivity index (χ2n) is 3.13. The molecule has 14 heavy (non-hydrogen) atoms. The van der Waals surface area contributed by atoms with E-state index in [9.17, 15) is 4.79 Å². The van der Waals surface area contributed by atoms with Crippen LogP contribution in [0.25, 0.3) is 0 Å². The Bertz CT molecular complexity index is 306. The number of benzene rings is 1. The average molecular weight is 193 g/mol. The fourth-order valence-electron chi connectivity index (χ4n) is 1.22. The number of ether oxygens (including phenoxy) is 1. The van der Waals surface area contributed by atoms with Crippen molar-refractivity contribution in [3.63, 3.8) is 0 Å². The van der Waals surface area contributed by atoms with Crippen molar-refractivity contribution < 1.29 is 9.53 Å². The molecule has 0 spiro atoms. The Labute approximate surface area is 83.9 Å². The molecule has 0 aromatic heterocycles. The van der Waals surface area contributed by atoms with E-state index in [0.29, 0.717) is 5.56 Å². The fourth-order valence-corrected chi connectivity index (χ4v) is 1.22. The molecule has 1 aromatic carbocycles. The molecule has 0 saturated carbocycles. The molecule has 0 unspecified atom stereocenters. The van der Waals surface area contributed by atoms with Gasteiger partial charge in [-0.1, -0.05) is 19.1 Å². The number of hydrogen-bond donors (Lipinski definition) is 1. The molecule has 2 N–H and O–H groups in total. The van der Waals surface area contributed by atoms with Crippen LogP contribution in [0.1, 0.15) is 35.3 Å². The standard InChI is InChI=1S/C11H15NO2/c1-3-10(12)8-4-6-9(7-5-8)11(13)14-2/h4-7,10H,3,12H2,1-2H3/t10-/m1/s1. The van der Waals surface area contributed by atoms with Crippen LogP contribution >= 0.6 is 0 Å². The third-order valence-corrected chi connectivity index (χ3v) is 2.20. The maximum absolute atomic E-state index is 11.1. The van der Waals surface area contributed by atoms with Gasteiger partial charge in [0.05, 0.1) is 12.7 Å². The van der Waals surface area contributed by atoms with Gasteiger partial charge in [0.25, 0.3) is 0 Å². The first-order valence-corrected chi connectivity index (χ1v) is 4.63. The summed E-state index contributed by atoms with van der Waals surface area (Å²) >= 11 is 0. The lowest BCUT2D eigenvalue weighted by molar-refractivity contribution is 0.0600. The van der Waals surface area contributed by atoms with Crippen molar-refractivity contribution in [2.75, 3.05) is 7.11 Å². The SMILES string of the molecule is CC[C@@H](N)c1ccc(C(=O)OC)cc1. The Hall–Kier alpha value is -1.35. The normalized spacial score (nSPS) is 12.2. The number of nitrogens with two attached hydrogens (primary N) is 1. The van der Waals surface area contributed by atoms with Gasteiger partial charge in [-0.05, 0) is 24.1 Å². The summed E-state index contributed by atoms with van der Waals surface area (Å²) in [6, 6.07) is 7.23. The van der Waals surface area contributed by atoms with Crippen LogP contribution in [-0.4, -0.2) is 13.1 Å². The average Bonchev–Trinajstić information content (AvgIpc) is 2.27. The summed E-state index contributed by atoms with van der Waals surface area (Å²) in [4.78, 5) is 11.1. The third-order valence-electron chi connectivity index (χ3n) is 2.20. The molecule has 0 aliphatic heterocycles. The minimum absolute atomic E-state index is 0.0432. The van der Waals surface area contributed by atoms with Crippen molar-refractivity contribution in [3.8, 4) is 0 Å². The van der Waals surface area contributed by atoms with Crippen molar-refractivity contribution in [2.24, 2.45) is 5.73 Å². The molecule has 76 valence electrons. The van der Waals surface area contributed by atoms with Crippen LogP contribution in [0.4, 0.5) is 0 Å². The topological polar surface area (TPSA) is 52.3 Å². The summed E-state index contributed by atoms with van der Waals surface area (Å²) < 4.78 is 4.59. The van der Waals surface area contributed by atoms with Crippen molar-refractivity contribution in [1.29, 1.82) is 0 Å². The maximum Gasteiger partial charge on any atom is 0.337 e. The minimum atomic E-state index is -0.318. The quantitative estimate of drug-likeness (QED) is 0.746. The summed E-state index contributed by atoms with van der Waals surface area (Å²) in [5, 5.41) is 0. The summed E-state index contributed by atoms with van der Waals surface area (Å²) in [6.07, 6.45) is 0.886. The third kappa shape index (κ3) is 2.33. The van der Waals surface area contributed by atoms with Crippen LogP contribution < -0.4 is 5.73 Å². The lowest BCUT2D eigenvalue weighted by Crippen LogP contribution is -2.09. The van der Waals surface area contributed by atoms with Gasteiger partial charge in [-0.15, -0.1) is 0 Å². The van der Waals surface area contributed by atoms with Crippen molar-refractivity contribution in [3.05, 3.63) is 35.4 Å². The lowest BCUT2D eigenvalue weighted by atomic mass is 10.0. The van der Waals surface area contributed by atoms with Crippen LogP contribution in [-0.2, 0) is 4.74 Å². The van der Waals surface area contributed by atoms with Gasteiger partial charge in [-0.3, -0.25) is 0 Å². The molecule has 0 bridgehead atoms. The molecular weight excluding hydrogens is 178 g/mol. The highest BCUT2D eigenvalue weighted by Gasteiger charge is 2.06. The van der Waals surface area contributed by atoms with E-state index in [1.807, 2.05) is 19.1 Å². The minimum Gasteiger partial charge on any atom is -0.465 e. The number of rotatable bonds is 3. The van der Waals surface area contributed by atoms with E-state index in [1.165, 1.54) is 7.11 Å². The highest BCUT2D eigenvalue weighted by molar-refractivity contribution is 5.89. The number of carbonyl (C=O) groups is 1. The Morgan fingerprint density at radius 2 is 2.00 bits per heavy atom. The van der Waals surface area contributed by atoms with E-state index in [1.54, 1.807) is 12.1 Å². The molecule has 0 amide bonds. The molecule has 0 heterocycles. The first-order chi connectivity index (χ1) is 6.69. The Morgan fingerprint density at radius 1 is 1.43 bits per heavy atom. The lowest BCUT2D eigenvalue weighted by Gasteiger charge is -2.08. The molecule has 0 aliphatic rings. The molecule has 0 fully saturated rings. The zero-order chi connectivity index (χ0) is 10.6. The summed E-state index contributed by atoms with van der Waals surface area (Å²) in [5.41, 5.74) is 7.43. The van der Waals surface area contributed by atoms with E-state index in [2.05, 4.69) is 4.74 Å². The van der Waals surface area contributed by atoms with Gasteiger partial charge in [0.15, 0.2) is 0 Å². The molecule has 0 saturated heterocycles. The van der Waals surface area contributed by atoms with Gasteiger partial charge >= 0.3 is 5.97 Å². The van der Waals surface area contributed by atoms with Gasteiger partial charge in [0.1, 0.15) is 0 Å². The Balaban J connectivity index is 2.83. The van der Waals surface area contributed by atoms with Crippen LogP contribution in [0.3, 0.4) is 0 Å². The predicted molar refractivity (Wildman–Crippen MR) is 55.0 cm³/mol. The smallest absolute Gasteiger partial charge is 0.337 e. The predicted octanol–water partition coefficient (Wildman–Crippen LogP) is 1.88. The van der Waals surface area contributed by atoms with Crippen LogP contribution in [0, 0.1) is 0 Å². The van der Waals surface area contributed by atoms with Crippen LogP contribution in [0.2, 0.25) is 0 Å². The van der Waals surface area contributed by atoms with Gasteiger partial charge in [-0.2, -0.15) is 0 Å². The number of carbonyl (C=O) groups excluding carboxylic acids is 1. The molecule has 0 aliphatic carbocycles. The van der Waals surface area contributed by atoms with E-state index in [-0.39, 0.29) is 12.0 Å². The summed E-state index contributed by atoms with van der Waals surface area (Å²) in [5.74, 6) is -0.318. The fraction of sp³-hybridized carbons (Fsp3) is 0.364. The summed E-state index contributed by atoms with van der Waals surface area (Å²) in [6.45, 7) is 2.03. The van der Waals surface area contributed by atoms with E-state index < -0.39 is 0 Å². The Kier molecular flexibility index (Phi) is 3.65. The molecule has 1 aromatic rings. The van der Waals surface area contributed by atoms with Gasteiger partial charge < -0.3 is 10.5 Å². The largest absolute Gasteiger partial charge is 0.465 e. The van der Waals surface area contributed by atoms with E-state index >= 15 is 0 Å². The van der Waals surface area contributed by atoms with Crippen molar-refractivity contribution in [1.82, 2.24) is 0 Å². The van der Waals surface area contributed by atoms with Gasteiger partial charge in [0.2, 0.25) is 0 Å². The number of methoxy groups -OCH3 is 1. The van der Waals surface area contributed by atoms with Crippen LogP contribution in [0.15, 0.2) is 24.3 Å². The van der Waals surface area contributed by atoms with E-state index in [0.717, 1.165) is 12.0 Å². The molecular formula is C11H15NO2. The van der Waals surface area contributed by atoms with Crippen molar-refractivity contribution in [2.45, 2.75) is 19.4 Å². The first-order valence-electron chi connectivity index (χ1n) is 4.63. The monoisotopic (exact) mass is 193 g/mol. The Morgan fingerprint density at radius 3 is 2.43 bits per heavy atom. The molecule has 1 atom stereocenters. The highest BCUT2D eigenvalue weighted by atomic mass is 16.5. The number of hydrogen-bond acceptors (Lipinski definition) is 3. The van der Waals surface area contributed by atoms with E-state index in [4.69, 9.17) is 5.73 Å². The molecule has 0 radical (unpaired) electrons. The second kappa shape index (κ2) is 4.77. The van der Waals surface area contributed by atoms with Crippen molar-refractivity contribution >= 4 is 5.97 Å². The zero-order valence-corrected chi connectivity index (χ0v) is 8.49. The highest BCUT2D eigenvalue weighted by Crippen LogP contribution is 2.14. The first kappa shape index (κ1) is 10.7. The summed E-state index contributed by atoms with van der Waals surface area (Å²) in [7, 11) is 1.37. The second-order valence-corrected chi connectivity index (χ2v) is 3.13. The van der Waals surface area contributed by atoms with Gasteiger partial charge in [-0.25, -0.2) is 4.79 Å². The van der Waals surface area contributed by atoms with Gasteiger partial charge in [0, 0.05) is 6.04 Å². The maximum atomic E-state index is 11.1. The molecule has 3 nitrogen and oxygen atoms in total. The molecule has 1 rings (SSSR count). The number of esters is 1. The van der Waals surface area contributed by atoms with Crippen LogP contribution in [0.5, 0.6) is 0 Å². The zero-order valence-electron chi connectivity index (χ0n) is 8.49.